The summed E-state index contributed by atoms with van der Waals surface area (Å²) in [5.41, 5.74) is 2.05. The van der Waals surface area contributed by atoms with Gasteiger partial charge in [0.05, 0.1) is 41.6 Å². The molecule has 0 radical (unpaired) electrons. The molecule has 47 heavy (non-hydrogen) atoms. The maximum absolute atomic E-state index is 14.2. The van der Waals surface area contributed by atoms with Crippen LogP contribution in [-0.2, 0) is 30.7 Å². The Balaban J connectivity index is 1.22. The van der Waals surface area contributed by atoms with Crippen LogP contribution in [-0.4, -0.2) is 79.9 Å². The van der Waals surface area contributed by atoms with E-state index in [4.69, 9.17) is 18.7 Å². The zero-order valence-corrected chi connectivity index (χ0v) is 27.1. The van der Waals surface area contributed by atoms with Crippen LogP contribution in [0.15, 0.2) is 88.3 Å². The van der Waals surface area contributed by atoms with E-state index in [1.165, 1.54) is 16.4 Å². The van der Waals surface area contributed by atoms with Gasteiger partial charge in [0.1, 0.15) is 6.10 Å². The Labute approximate surface area is 274 Å². The normalized spacial score (nSPS) is 20.7. The van der Waals surface area contributed by atoms with Crippen LogP contribution in [0.1, 0.15) is 25.8 Å². The Hall–Kier alpha value is -4.01. The number of fused-ring (bicyclic) bond motifs is 2. The second-order valence-electron chi connectivity index (χ2n) is 12.4. The number of rotatable bonds is 13. The molecule has 0 bridgehead atoms. The van der Waals surface area contributed by atoms with Gasteiger partial charge in [0.2, 0.25) is 10.0 Å². The zero-order chi connectivity index (χ0) is 33.0. The summed E-state index contributed by atoms with van der Waals surface area (Å²) in [5, 5.41) is 22.2. The van der Waals surface area contributed by atoms with Gasteiger partial charge in [-0.2, -0.15) is 4.31 Å². The number of aromatic nitrogens is 1. The summed E-state index contributed by atoms with van der Waals surface area (Å²) in [4.78, 5) is 13.2. The van der Waals surface area contributed by atoms with Crippen molar-refractivity contribution in [3.05, 3.63) is 84.4 Å². The van der Waals surface area contributed by atoms with E-state index in [0.717, 1.165) is 17.7 Å². The van der Waals surface area contributed by atoms with Crippen LogP contribution < -0.4 is 10.6 Å². The first-order valence-electron chi connectivity index (χ1n) is 15.8. The average molecular weight is 665 g/mol. The molecule has 3 heterocycles. The maximum Gasteiger partial charge on any atom is 0.407 e. The van der Waals surface area contributed by atoms with Crippen LogP contribution in [0, 0.1) is 11.8 Å². The van der Waals surface area contributed by atoms with Crippen LogP contribution in [0.3, 0.4) is 0 Å². The fourth-order valence-corrected chi connectivity index (χ4v) is 7.66. The van der Waals surface area contributed by atoms with Gasteiger partial charge in [0, 0.05) is 18.8 Å². The second kappa shape index (κ2) is 14.4. The fraction of sp³-hybridized carbons (Fsp3) is 0.412. The number of anilines is 2. The molecular formula is C34H40N4O8S. The Morgan fingerprint density at radius 3 is 2.53 bits per heavy atom. The number of benzene rings is 3. The van der Waals surface area contributed by atoms with E-state index < -0.39 is 34.4 Å². The molecular weight excluding hydrogens is 624 g/mol. The van der Waals surface area contributed by atoms with Gasteiger partial charge in [-0.25, -0.2) is 13.2 Å². The van der Waals surface area contributed by atoms with Gasteiger partial charge in [-0.05, 0) is 54.7 Å². The molecule has 0 saturated carbocycles. The highest BCUT2D eigenvalue weighted by atomic mass is 32.2. The smallest absolute Gasteiger partial charge is 0.407 e. The number of carbonyl (C=O) groups excluding carboxylic acids is 1. The number of aliphatic hydroxyl groups excluding tert-OH is 1. The molecule has 2 saturated heterocycles. The Bertz CT molecular complexity index is 1750. The number of hydrogen-bond donors (Lipinski definition) is 3. The molecule has 3 N–H and O–H groups in total. The van der Waals surface area contributed by atoms with Crippen LogP contribution in [0.5, 0.6) is 0 Å². The minimum Gasteiger partial charge on any atom is -0.443 e. The number of carbonyl (C=O) groups is 1. The van der Waals surface area contributed by atoms with Gasteiger partial charge in [-0.1, -0.05) is 67.5 Å². The number of hydrogen-bond acceptors (Lipinski definition) is 10. The van der Waals surface area contributed by atoms with E-state index in [-0.39, 0.29) is 49.1 Å². The van der Waals surface area contributed by atoms with E-state index in [1.807, 2.05) is 74.5 Å². The minimum atomic E-state index is -4.11. The molecule has 6 rings (SSSR count). The van der Waals surface area contributed by atoms with Crippen LogP contribution >= 0.6 is 0 Å². The van der Waals surface area contributed by atoms with Crippen molar-refractivity contribution in [2.75, 3.05) is 31.6 Å². The van der Waals surface area contributed by atoms with E-state index in [1.54, 1.807) is 6.07 Å². The van der Waals surface area contributed by atoms with Crippen molar-refractivity contribution < 1.29 is 37.1 Å². The number of ether oxygens (including phenoxy) is 3. The topological polar surface area (TPSA) is 152 Å². The van der Waals surface area contributed by atoms with Gasteiger partial charge < -0.3 is 34.5 Å². The molecule has 12 nitrogen and oxygen atoms in total. The first-order valence-corrected chi connectivity index (χ1v) is 17.3. The number of nitrogens with one attached hydrogen (secondary N) is 2. The number of alkyl carbamates (subject to hydrolysis) is 1. The lowest BCUT2D eigenvalue weighted by atomic mass is 10.0. The molecule has 5 atom stereocenters. The van der Waals surface area contributed by atoms with Gasteiger partial charge >= 0.3 is 6.09 Å². The molecule has 3 aromatic carbocycles. The van der Waals surface area contributed by atoms with Crippen LogP contribution in [0.4, 0.5) is 16.3 Å². The van der Waals surface area contributed by atoms with E-state index in [9.17, 15) is 18.3 Å². The summed E-state index contributed by atoms with van der Waals surface area (Å²) in [6, 6.07) is 22.4. The number of para-hydroxylation sites is 1. The second-order valence-corrected chi connectivity index (χ2v) is 14.3. The van der Waals surface area contributed by atoms with Crippen molar-refractivity contribution in [1.82, 2.24) is 14.8 Å². The van der Waals surface area contributed by atoms with Crippen molar-refractivity contribution in [3.63, 3.8) is 0 Å². The largest absolute Gasteiger partial charge is 0.443 e. The van der Waals surface area contributed by atoms with Crippen molar-refractivity contribution in [2.24, 2.45) is 11.8 Å². The lowest BCUT2D eigenvalue weighted by Gasteiger charge is -2.31. The first kappa shape index (κ1) is 32.9. The highest BCUT2D eigenvalue weighted by Crippen LogP contribution is 2.33. The Morgan fingerprint density at radius 1 is 1.04 bits per heavy atom. The van der Waals surface area contributed by atoms with E-state index in [2.05, 4.69) is 15.8 Å². The zero-order valence-electron chi connectivity index (χ0n) is 26.3. The van der Waals surface area contributed by atoms with Crippen LogP contribution in [0.25, 0.3) is 11.0 Å². The van der Waals surface area contributed by atoms with Crippen molar-refractivity contribution in [3.8, 4) is 0 Å². The molecule has 1 unspecified atom stereocenters. The third-order valence-electron chi connectivity index (χ3n) is 8.38. The maximum atomic E-state index is 14.2. The quantitative estimate of drug-likeness (QED) is 0.184. The summed E-state index contributed by atoms with van der Waals surface area (Å²) >= 11 is 0. The molecule has 4 aromatic rings. The van der Waals surface area contributed by atoms with Gasteiger partial charge in [-0.3, -0.25) is 0 Å². The average Bonchev–Trinajstić information content (AvgIpc) is 3.79. The highest BCUT2D eigenvalue weighted by molar-refractivity contribution is 7.89. The third-order valence-corrected chi connectivity index (χ3v) is 10.2. The van der Waals surface area contributed by atoms with Gasteiger partial charge in [0.15, 0.2) is 17.7 Å². The third kappa shape index (κ3) is 7.77. The Kier molecular flexibility index (Phi) is 10.1. The highest BCUT2D eigenvalue weighted by Gasteiger charge is 2.44. The van der Waals surface area contributed by atoms with E-state index in [0.29, 0.717) is 23.4 Å². The summed E-state index contributed by atoms with van der Waals surface area (Å²) in [5.74, 6) is 0.282. The predicted molar refractivity (Wildman–Crippen MR) is 174 cm³/mol. The Morgan fingerprint density at radius 2 is 1.79 bits per heavy atom. The van der Waals surface area contributed by atoms with Crippen molar-refractivity contribution in [1.29, 1.82) is 0 Å². The summed E-state index contributed by atoms with van der Waals surface area (Å²) in [6.45, 7) is 4.46. The molecule has 1 aromatic heterocycles. The number of amides is 1. The van der Waals surface area contributed by atoms with Crippen LogP contribution in [0.2, 0.25) is 0 Å². The van der Waals surface area contributed by atoms with Gasteiger partial charge in [-0.15, -0.1) is 0 Å². The molecule has 250 valence electrons. The molecule has 2 fully saturated rings. The van der Waals surface area contributed by atoms with E-state index >= 15 is 0 Å². The van der Waals surface area contributed by atoms with Crippen molar-refractivity contribution in [2.45, 2.75) is 56.1 Å². The SMILES string of the molecule is CC(C)CN(C[C@@H](O)[C@H](Cc1ccccc1)NC(=O)OC1CO[C@H]2OCC[C@@H]12)S(=O)(=O)c1ccc2onc(Nc3ccccc3)c2c1. The molecule has 0 spiro atoms. The fourth-order valence-electron chi connectivity index (χ4n) is 6.01. The standard InChI is InChI=1S/C34H40N4O8S/c1-22(2)19-38(47(41,42)25-13-14-30-27(18-25)32(37-46-30)35-24-11-7-4-8-12-24)20-29(39)28(17-23-9-5-3-6-10-23)36-34(40)45-31-21-44-33-26(31)15-16-43-33/h3-14,18,22,26,28-29,31,33,39H,15-17,19-21H2,1-2H3,(H,35,37)(H,36,40)/t26-,28-,29+,31?,33+/m0/s1. The molecule has 1 amide bonds. The number of aliphatic hydroxyl groups is 1. The molecule has 2 aliphatic heterocycles. The number of nitrogens with zero attached hydrogens (tertiary/aromatic N) is 2. The summed E-state index contributed by atoms with van der Waals surface area (Å²) in [7, 11) is -4.11. The first-order chi connectivity index (χ1) is 22.7. The van der Waals surface area contributed by atoms with Gasteiger partial charge in [0.25, 0.3) is 0 Å². The predicted octanol–water partition coefficient (Wildman–Crippen LogP) is 4.68. The molecule has 13 heteroatoms. The monoisotopic (exact) mass is 664 g/mol. The lowest BCUT2D eigenvalue weighted by Crippen LogP contribution is -2.51. The van der Waals surface area contributed by atoms with Crippen molar-refractivity contribution >= 4 is 38.6 Å². The summed E-state index contributed by atoms with van der Waals surface area (Å²) in [6.07, 6.45) is -1.84. The molecule has 2 aliphatic rings. The summed E-state index contributed by atoms with van der Waals surface area (Å²) < 4.78 is 51.9. The molecule has 0 aliphatic carbocycles. The minimum absolute atomic E-state index is 0.0266. The number of sulfonamides is 1. The lowest BCUT2D eigenvalue weighted by molar-refractivity contribution is -0.0907.